The second-order valence-electron chi connectivity index (χ2n) is 8.39. The lowest BCUT2D eigenvalue weighted by Crippen LogP contribution is -2.32. The maximum atomic E-state index is 13.5. The number of amides is 2. The molecule has 1 aliphatic rings. The largest absolute Gasteiger partial charge is 0.433 e. The highest BCUT2D eigenvalue weighted by Crippen LogP contribution is 2.33. The highest BCUT2D eigenvalue weighted by Gasteiger charge is 2.33. The number of hydrogen-bond donors (Lipinski definition) is 2. The number of anilines is 3. The molecule has 0 saturated carbocycles. The number of halogens is 3. The number of piperidine rings is 1. The van der Waals surface area contributed by atoms with E-state index in [0.29, 0.717) is 17.1 Å². The van der Waals surface area contributed by atoms with Gasteiger partial charge in [-0.1, -0.05) is 6.07 Å². The lowest BCUT2D eigenvalue weighted by molar-refractivity contribution is -0.141. The quantitative estimate of drug-likeness (QED) is 0.402. The Kier molecular flexibility index (Phi) is 6.47. The molecule has 5 rings (SSSR count). The summed E-state index contributed by atoms with van der Waals surface area (Å²) in [7, 11) is 0. The molecule has 8 nitrogen and oxygen atoms in total. The first-order valence-corrected chi connectivity index (χ1v) is 11.4. The first-order valence-electron chi connectivity index (χ1n) is 11.4. The SMILES string of the molecule is O=C(Nc1ccnc2ccc(C3CCNCC3)cc12)N(c1ccnc(C(F)(F)F)c1)c1cnccn1. The minimum atomic E-state index is -4.67. The van der Waals surface area contributed by atoms with E-state index in [9.17, 15) is 18.0 Å². The molecule has 1 saturated heterocycles. The average Bonchev–Trinajstić information content (AvgIpc) is 2.90. The van der Waals surface area contributed by atoms with E-state index in [4.69, 9.17) is 0 Å². The molecule has 0 unspecified atom stereocenters. The van der Waals surface area contributed by atoms with E-state index in [1.165, 1.54) is 24.7 Å². The van der Waals surface area contributed by atoms with Gasteiger partial charge in [0.1, 0.15) is 5.69 Å². The fourth-order valence-electron chi connectivity index (χ4n) is 4.33. The third-order valence-electron chi connectivity index (χ3n) is 6.09. The Balaban J connectivity index is 1.52. The number of benzene rings is 1. The van der Waals surface area contributed by atoms with Gasteiger partial charge in [0.2, 0.25) is 0 Å². The minimum absolute atomic E-state index is 0.0518. The molecule has 1 fully saturated rings. The van der Waals surface area contributed by atoms with Crippen LogP contribution >= 0.6 is 0 Å². The molecule has 2 N–H and O–H groups in total. The van der Waals surface area contributed by atoms with Crippen molar-refractivity contribution in [2.24, 2.45) is 0 Å². The lowest BCUT2D eigenvalue weighted by atomic mass is 9.89. The van der Waals surface area contributed by atoms with Crippen molar-refractivity contribution in [2.75, 3.05) is 23.3 Å². The van der Waals surface area contributed by atoms with E-state index in [1.807, 2.05) is 12.1 Å². The summed E-state index contributed by atoms with van der Waals surface area (Å²) in [5, 5.41) is 6.93. The first kappa shape index (κ1) is 23.6. The van der Waals surface area contributed by atoms with E-state index in [1.54, 1.807) is 12.3 Å². The van der Waals surface area contributed by atoms with Gasteiger partial charge in [0.25, 0.3) is 0 Å². The third-order valence-corrected chi connectivity index (χ3v) is 6.09. The third kappa shape index (κ3) is 4.96. The van der Waals surface area contributed by atoms with Gasteiger partial charge in [-0.15, -0.1) is 0 Å². The Morgan fingerprint density at radius 1 is 0.972 bits per heavy atom. The predicted octanol–water partition coefficient (Wildman–Crippen LogP) is 5.28. The van der Waals surface area contributed by atoms with Gasteiger partial charge < -0.3 is 10.6 Å². The van der Waals surface area contributed by atoms with Crippen LogP contribution in [0.15, 0.2) is 67.4 Å². The van der Waals surface area contributed by atoms with Crippen molar-refractivity contribution < 1.29 is 18.0 Å². The molecule has 1 aromatic carbocycles. The van der Waals surface area contributed by atoms with E-state index < -0.39 is 17.9 Å². The molecule has 4 aromatic rings. The van der Waals surface area contributed by atoms with Crippen molar-refractivity contribution in [3.8, 4) is 0 Å². The van der Waals surface area contributed by atoms with Crippen molar-refractivity contribution in [3.63, 3.8) is 0 Å². The van der Waals surface area contributed by atoms with Gasteiger partial charge in [-0.25, -0.2) is 14.7 Å². The molecule has 0 atom stereocenters. The summed E-state index contributed by atoms with van der Waals surface area (Å²) in [6, 6.07) is 9.07. The average molecular weight is 493 g/mol. The van der Waals surface area contributed by atoms with Gasteiger partial charge in [-0.2, -0.15) is 13.2 Å². The summed E-state index contributed by atoms with van der Waals surface area (Å²) in [4.78, 5) is 30.4. The van der Waals surface area contributed by atoms with Crippen molar-refractivity contribution in [1.29, 1.82) is 0 Å². The molecule has 11 heteroatoms. The van der Waals surface area contributed by atoms with Gasteiger partial charge in [-0.3, -0.25) is 15.0 Å². The number of hydrogen-bond acceptors (Lipinski definition) is 6. The van der Waals surface area contributed by atoms with Crippen LogP contribution in [-0.4, -0.2) is 39.1 Å². The van der Waals surface area contributed by atoms with Crippen LogP contribution in [-0.2, 0) is 6.18 Å². The minimum Gasteiger partial charge on any atom is -0.317 e. The predicted molar refractivity (Wildman–Crippen MR) is 129 cm³/mol. The fraction of sp³-hybridized carbons (Fsp3) is 0.240. The molecule has 3 aromatic heterocycles. The Hall–Kier alpha value is -4.12. The molecule has 0 spiro atoms. The maximum absolute atomic E-state index is 13.5. The van der Waals surface area contributed by atoms with Crippen LogP contribution in [0.5, 0.6) is 0 Å². The fourth-order valence-corrected chi connectivity index (χ4v) is 4.33. The Morgan fingerprint density at radius 2 is 1.78 bits per heavy atom. The molecular weight excluding hydrogens is 471 g/mol. The number of pyridine rings is 2. The van der Waals surface area contributed by atoms with Crippen LogP contribution in [0.3, 0.4) is 0 Å². The number of urea groups is 1. The molecular formula is C25H22F3N7O. The highest BCUT2D eigenvalue weighted by atomic mass is 19.4. The monoisotopic (exact) mass is 493 g/mol. The zero-order valence-electron chi connectivity index (χ0n) is 19.0. The van der Waals surface area contributed by atoms with E-state index in [-0.39, 0.29) is 11.5 Å². The number of nitrogens with one attached hydrogen (secondary N) is 2. The van der Waals surface area contributed by atoms with Crippen molar-refractivity contribution >= 4 is 34.1 Å². The zero-order valence-corrected chi connectivity index (χ0v) is 19.0. The molecule has 0 radical (unpaired) electrons. The zero-order chi connectivity index (χ0) is 25.1. The van der Waals surface area contributed by atoms with E-state index >= 15 is 0 Å². The normalized spacial score (nSPS) is 14.5. The van der Waals surface area contributed by atoms with Crippen molar-refractivity contribution in [1.82, 2.24) is 25.3 Å². The van der Waals surface area contributed by atoms with E-state index in [2.05, 4.69) is 36.6 Å². The molecule has 36 heavy (non-hydrogen) atoms. The highest BCUT2D eigenvalue weighted by molar-refractivity contribution is 6.09. The Labute approximate surface area is 204 Å². The van der Waals surface area contributed by atoms with Crippen molar-refractivity contribution in [2.45, 2.75) is 24.9 Å². The van der Waals surface area contributed by atoms with Crippen LogP contribution in [0.4, 0.5) is 35.2 Å². The van der Waals surface area contributed by atoms with Crippen LogP contribution < -0.4 is 15.5 Å². The molecule has 4 heterocycles. The first-order chi connectivity index (χ1) is 17.4. The lowest BCUT2D eigenvalue weighted by Gasteiger charge is -2.24. The molecule has 2 amide bonds. The number of nitrogens with zero attached hydrogens (tertiary/aromatic N) is 5. The summed E-state index contributed by atoms with van der Waals surface area (Å²) in [6.07, 6.45) is 3.99. The van der Waals surface area contributed by atoms with Gasteiger partial charge in [0.15, 0.2) is 5.82 Å². The number of rotatable bonds is 4. The topological polar surface area (TPSA) is 95.9 Å². The summed E-state index contributed by atoms with van der Waals surface area (Å²) in [5.41, 5.74) is 1.16. The van der Waals surface area contributed by atoms with Crippen LogP contribution in [0, 0.1) is 0 Å². The number of aromatic nitrogens is 4. The maximum Gasteiger partial charge on any atom is 0.433 e. The number of alkyl halides is 3. The summed E-state index contributed by atoms with van der Waals surface area (Å²) in [6.45, 7) is 1.89. The number of carbonyl (C=O) groups is 1. The summed E-state index contributed by atoms with van der Waals surface area (Å²) < 4.78 is 40.0. The Bertz CT molecular complexity index is 1380. The molecule has 1 aliphatic heterocycles. The molecule has 0 bridgehead atoms. The van der Waals surface area contributed by atoms with Gasteiger partial charge >= 0.3 is 12.2 Å². The van der Waals surface area contributed by atoms with Crippen molar-refractivity contribution in [3.05, 3.63) is 78.6 Å². The van der Waals surface area contributed by atoms with Crippen LogP contribution in [0.25, 0.3) is 10.9 Å². The summed E-state index contributed by atoms with van der Waals surface area (Å²) in [5.74, 6) is 0.455. The Morgan fingerprint density at radius 3 is 2.53 bits per heavy atom. The second kappa shape index (κ2) is 9.86. The van der Waals surface area contributed by atoms with Gasteiger partial charge in [-0.05, 0) is 67.7 Å². The molecule has 0 aliphatic carbocycles. The number of carbonyl (C=O) groups excluding carboxylic acids is 1. The molecule has 184 valence electrons. The van der Waals surface area contributed by atoms with Gasteiger partial charge in [0, 0.05) is 30.2 Å². The summed E-state index contributed by atoms with van der Waals surface area (Å²) >= 11 is 0. The second-order valence-corrected chi connectivity index (χ2v) is 8.39. The van der Waals surface area contributed by atoms with Gasteiger partial charge in [0.05, 0.1) is 23.1 Å². The van der Waals surface area contributed by atoms with Crippen LogP contribution in [0.1, 0.15) is 30.0 Å². The van der Waals surface area contributed by atoms with Crippen LogP contribution in [0.2, 0.25) is 0 Å². The number of fused-ring (bicyclic) bond motifs is 1. The smallest absolute Gasteiger partial charge is 0.317 e. The van der Waals surface area contributed by atoms with E-state index in [0.717, 1.165) is 54.0 Å². The standard InChI is InChI=1S/C25H22F3N7O/c26-25(27,28)22-14-18(5-9-32-22)35(23-15-30-11-12-33-23)24(36)34-21-6-10-31-20-2-1-17(13-19(20)21)16-3-7-29-8-4-16/h1-2,5-6,9-16,29H,3-4,7-8H2,(H,31,34,36).